The normalized spacial score (nSPS) is 10.3. The predicted octanol–water partition coefficient (Wildman–Crippen LogP) is 0.761. The number of amides is 1. The summed E-state index contributed by atoms with van der Waals surface area (Å²) in [6, 6.07) is 2.93. The Morgan fingerprint density at radius 3 is 2.94 bits per heavy atom. The predicted molar refractivity (Wildman–Crippen MR) is 70.2 cm³/mol. The molecule has 0 bridgehead atoms. The average Bonchev–Trinajstić information content (AvgIpc) is 2.36. The third-order valence-corrected chi connectivity index (χ3v) is 2.49. The molecular formula is C12H17ClN2O3. The van der Waals surface area contributed by atoms with Crippen LogP contribution in [-0.2, 0) is 11.8 Å². The number of pyridine rings is 1. The molecule has 0 aliphatic rings. The first-order chi connectivity index (χ1) is 8.65. The number of halogens is 1. The van der Waals surface area contributed by atoms with Crippen molar-refractivity contribution >= 4 is 17.5 Å². The molecule has 0 aromatic carbocycles. The highest BCUT2D eigenvalue weighted by atomic mass is 35.5. The molecule has 1 N–H and O–H groups in total. The van der Waals surface area contributed by atoms with Crippen LogP contribution in [0, 0.1) is 0 Å². The molecule has 1 amide bonds. The average molecular weight is 273 g/mol. The molecule has 0 saturated carbocycles. The number of carbonyl (C=O) groups is 1. The van der Waals surface area contributed by atoms with E-state index in [0.29, 0.717) is 37.6 Å². The number of aromatic nitrogens is 1. The van der Waals surface area contributed by atoms with E-state index in [4.69, 9.17) is 16.3 Å². The molecule has 0 aliphatic carbocycles. The topological polar surface area (TPSA) is 60.3 Å². The summed E-state index contributed by atoms with van der Waals surface area (Å²) in [4.78, 5) is 23.0. The van der Waals surface area contributed by atoms with Gasteiger partial charge in [-0.15, -0.1) is 11.6 Å². The Morgan fingerprint density at radius 2 is 2.28 bits per heavy atom. The minimum absolute atomic E-state index is 0.201. The summed E-state index contributed by atoms with van der Waals surface area (Å²) in [5, 5.41) is 2.72. The maximum atomic E-state index is 11.7. The molecule has 1 heterocycles. The zero-order valence-corrected chi connectivity index (χ0v) is 11.1. The van der Waals surface area contributed by atoms with E-state index >= 15 is 0 Å². The summed E-state index contributed by atoms with van der Waals surface area (Å²) in [6.45, 7) is 1.59. The Bertz CT molecular complexity index is 445. The van der Waals surface area contributed by atoms with Crippen LogP contribution >= 0.6 is 11.6 Å². The molecule has 0 radical (unpaired) electrons. The van der Waals surface area contributed by atoms with Gasteiger partial charge in [-0.2, -0.15) is 0 Å². The van der Waals surface area contributed by atoms with E-state index < -0.39 is 0 Å². The smallest absolute Gasteiger partial charge is 0.251 e. The molecule has 0 unspecified atom stereocenters. The highest BCUT2D eigenvalue weighted by Gasteiger charge is 2.05. The quantitative estimate of drug-likeness (QED) is 0.589. The summed E-state index contributed by atoms with van der Waals surface area (Å²) in [6.07, 6.45) is 2.29. The fraction of sp³-hybridized carbons (Fsp3) is 0.500. The zero-order valence-electron chi connectivity index (χ0n) is 10.3. The van der Waals surface area contributed by atoms with Crippen LogP contribution in [0.3, 0.4) is 0 Å². The number of rotatable bonds is 7. The van der Waals surface area contributed by atoms with Crippen LogP contribution < -0.4 is 10.9 Å². The summed E-state index contributed by atoms with van der Waals surface area (Å²) in [5.41, 5.74) is 0.174. The zero-order chi connectivity index (χ0) is 13.4. The summed E-state index contributed by atoms with van der Waals surface area (Å²) in [7, 11) is 1.64. The molecule has 1 aromatic heterocycles. The lowest BCUT2D eigenvalue weighted by atomic mass is 10.2. The van der Waals surface area contributed by atoms with Crippen LogP contribution in [0.25, 0.3) is 0 Å². The molecule has 0 saturated heterocycles. The van der Waals surface area contributed by atoms with E-state index in [0.717, 1.165) is 0 Å². The SMILES string of the molecule is Cn1ccc(C(=O)NCCCOCCCl)cc1=O. The second kappa shape index (κ2) is 7.89. The van der Waals surface area contributed by atoms with Crippen LogP contribution in [0.2, 0.25) is 0 Å². The molecule has 100 valence electrons. The van der Waals surface area contributed by atoms with Gasteiger partial charge in [-0.1, -0.05) is 0 Å². The summed E-state index contributed by atoms with van der Waals surface area (Å²) >= 11 is 5.45. The van der Waals surface area contributed by atoms with E-state index in [1.54, 1.807) is 19.3 Å². The molecule has 0 aliphatic heterocycles. The molecule has 0 fully saturated rings. The maximum absolute atomic E-state index is 11.7. The van der Waals surface area contributed by atoms with Crippen molar-refractivity contribution in [2.45, 2.75) is 6.42 Å². The molecule has 1 rings (SSSR count). The molecule has 0 atom stereocenters. The van der Waals surface area contributed by atoms with Crippen LogP contribution in [0.4, 0.5) is 0 Å². The highest BCUT2D eigenvalue weighted by Crippen LogP contribution is 1.94. The van der Waals surface area contributed by atoms with Crippen molar-refractivity contribution in [1.29, 1.82) is 0 Å². The van der Waals surface area contributed by atoms with E-state index in [9.17, 15) is 9.59 Å². The lowest BCUT2D eigenvalue weighted by Gasteiger charge is -2.06. The van der Waals surface area contributed by atoms with Gasteiger partial charge in [-0.25, -0.2) is 0 Å². The highest BCUT2D eigenvalue weighted by molar-refractivity contribution is 6.17. The van der Waals surface area contributed by atoms with Crippen molar-refractivity contribution in [2.24, 2.45) is 7.05 Å². The van der Waals surface area contributed by atoms with Crippen molar-refractivity contribution in [2.75, 3.05) is 25.6 Å². The van der Waals surface area contributed by atoms with Crippen LogP contribution in [0.1, 0.15) is 16.8 Å². The third-order valence-electron chi connectivity index (χ3n) is 2.34. The Kier molecular flexibility index (Phi) is 6.46. The van der Waals surface area contributed by atoms with Gasteiger partial charge in [0, 0.05) is 43.9 Å². The number of nitrogens with zero attached hydrogens (tertiary/aromatic N) is 1. The maximum Gasteiger partial charge on any atom is 0.251 e. The van der Waals surface area contributed by atoms with Gasteiger partial charge in [-0.05, 0) is 12.5 Å². The van der Waals surface area contributed by atoms with Gasteiger partial charge >= 0.3 is 0 Å². The minimum atomic E-state index is -0.245. The van der Waals surface area contributed by atoms with Crippen molar-refractivity contribution in [3.8, 4) is 0 Å². The number of carbonyl (C=O) groups excluding carboxylic acids is 1. The first-order valence-corrected chi connectivity index (χ1v) is 6.27. The van der Waals surface area contributed by atoms with Gasteiger partial charge in [0.05, 0.1) is 6.61 Å². The lowest BCUT2D eigenvalue weighted by Crippen LogP contribution is -2.27. The Labute approximate surface area is 111 Å². The lowest BCUT2D eigenvalue weighted by molar-refractivity contribution is 0.0944. The molecule has 6 heteroatoms. The Balaban J connectivity index is 2.32. The van der Waals surface area contributed by atoms with E-state index in [1.165, 1.54) is 10.6 Å². The number of aryl methyl sites for hydroxylation is 1. The van der Waals surface area contributed by atoms with Crippen LogP contribution in [0.5, 0.6) is 0 Å². The third kappa shape index (κ3) is 4.89. The second-order valence-corrected chi connectivity index (χ2v) is 4.15. The molecule has 5 nitrogen and oxygen atoms in total. The monoisotopic (exact) mass is 272 g/mol. The van der Waals surface area contributed by atoms with Gasteiger partial charge in [0.15, 0.2) is 0 Å². The van der Waals surface area contributed by atoms with E-state index in [1.807, 2.05) is 0 Å². The van der Waals surface area contributed by atoms with Crippen molar-refractivity contribution < 1.29 is 9.53 Å². The number of hydrogen-bond acceptors (Lipinski definition) is 3. The first-order valence-electron chi connectivity index (χ1n) is 5.73. The van der Waals surface area contributed by atoms with Crippen LogP contribution in [-0.4, -0.2) is 36.1 Å². The number of nitrogens with one attached hydrogen (secondary N) is 1. The van der Waals surface area contributed by atoms with E-state index in [2.05, 4.69) is 5.32 Å². The second-order valence-electron chi connectivity index (χ2n) is 3.78. The van der Waals surface area contributed by atoms with E-state index in [-0.39, 0.29) is 11.5 Å². The van der Waals surface area contributed by atoms with Gasteiger partial charge in [0.1, 0.15) is 0 Å². The Hall–Kier alpha value is -1.33. The van der Waals surface area contributed by atoms with Gasteiger partial charge in [0.2, 0.25) is 0 Å². The summed E-state index contributed by atoms with van der Waals surface area (Å²) < 4.78 is 6.58. The van der Waals surface area contributed by atoms with Crippen LogP contribution in [0.15, 0.2) is 23.1 Å². The number of ether oxygens (including phenoxy) is 1. The Morgan fingerprint density at radius 1 is 1.50 bits per heavy atom. The van der Waals surface area contributed by atoms with Crippen molar-refractivity contribution in [1.82, 2.24) is 9.88 Å². The largest absolute Gasteiger partial charge is 0.380 e. The fourth-order valence-corrected chi connectivity index (χ4v) is 1.43. The molecule has 0 spiro atoms. The number of hydrogen-bond donors (Lipinski definition) is 1. The van der Waals surface area contributed by atoms with Gasteiger partial charge < -0.3 is 14.6 Å². The first kappa shape index (κ1) is 14.7. The molecular weight excluding hydrogens is 256 g/mol. The van der Waals surface area contributed by atoms with Crippen molar-refractivity contribution in [3.05, 3.63) is 34.2 Å². The summed E-state index contributed by atoms with van der Waals surface area (Å²) in [5.74, 6) is 0.227. The minimum Gasteiger partial charge on any atom is -0.380 e. The van der Waals surface area contributed by atoms with Gasteiger partial charge in [0.25, 0.3) is 11.5 Å². The molecule has 18 heavy (non-hydrogen) atoms. The van der Waals surface area contributed by atoms with Crippen molar-refractivity contribution in [3.63, 3.8) is 0 Å². The fourth-order valence-electron chi connectivity index (χ4n) is 1.32. The van der Waals surface area contributed by atoms with Gasteiger partial charge in [-0.3, -0.25) is 9.59 Å². The molecule has 1 aromatic rings. The number of alkyl halides is 1. The standard InChI is InChI=1S/C12H17ClN2O3/c1-15-6-3-10(9-11(15)16)12(17)14-5-2-7-18-8-4-13/h3,6,9H,2,4-5,7-8H2,1H3,(H,14,17).